The molecule has 4 rings (SSSR count). The second kappa shape index (κ2) is 11.0. The first-order valence-corrected chi connectivity index (χ1v) is 12.2. The first-order chi connectivity index (χ1) is 17.2. The van der Waals surface area contributed by atoms with Crippen molar-refractivity contribution in [2.24, 2.45) is 10.9 Å². The third-order valence-electron chi connectivity index (χ3n) is 5.86. The normalized spacial score (nSPS) is 16.4. The lowest BCUT2D eigenvalue weighted by Crippen LogP contribution is -2.27. The minimum absolute atomic E-state index is 0.286. The predicted molar refractivity (Wildman–Crippen MR) is 133 cm³/mol. The summed E-state index contributed by atoms with van der Waals surface area (Å²) in [5.74, 6) is 0.0501. The lowest BCUT2D eigenvalue weighted by molar-refractivity contribution is -0.137. The lowest BCUT2D eigenvalue weighted by Gasteiger charge is -2.17. The summed E-state index contributed by atoms with van der Waals surface area (Å²) < 4.78 is 38.2. The quantitative estimate of drug-likeness (QED) is 0.378. The van der Waals surface area contributed by atoms with E-state index >= 15 is 0 Å². The Labute approximate surface area is 210 Å². The molecule has 2 atom stereocenters. The van der Waals surface area contributed by atoms with Gasteiger partial charge in [0, 0.05) is 40.3 Å². The van der Waals surface area contributed by atoms with Gasteiger partial charge in [-0.1, -0.05) is 17.4 Å². The van der Waals surface area contributed by atoms with Gasteiger partial charge in [0.1, 0.15) is 12.0 Å². The van der Waals surface area contributed by atoms with Gasteiger partial charge in [0.25, 0.3) is 5.91 Å². The van der Waals surface area contributed by atoms with Crippen LogP contribution in [0, 0.1) is 5.92 Å². The molecule has 2 unspecified atom stereocenters. The van der Waals surface area contributed by atoms with Crippen LogP contribution in [-0.2, 0) is 12.6 Å². The van der Waals surface area contributed by atoms with E-state index in [1.165, 1.54) is 29.8 Å². The number of anilines is 2. The van der Waals surface area contributed by atoms with Gasteiger partial charge in [0.05, 0.1) is 11.6 Å². The predicted octanol–water partition coefficient (Wildman–Crippen LogP) is 6.11. The second-order valence-corrected chi connectivity index (χ2v) is 9.55. The molecule has 1 aromatic carbocycles. The van der Waals surface area contributed by atoms with Gasteiger partial charge in [0.2, 0.25) is 0 Å². The van der Waals surface area contributed by atoms with Crippen LogP contribution in [-0.4, -0.2) is 26.6 Å². The van der Waals surface area contributed by atoms with Gasteiger partial charge in [-0.15, -0.1) is 0 Å². The van der Waals surface area contributed by atoms with E-state index in [0.29, 0.717) is 16.7 Å². The Hall–Kier alpha value is -3.60. The standard InChI is InChI=1S/C25H25F3N6OS/c1-15-17(4-3-11-29-15)5-8-20-12-21(32-14-31-20)23(35)33-16(2)22-13-30-24(36-22)34-19-9-6-18(7-10-19)25(26,27)28/h3,6-7,9-14,16-17H,4-5,8H2,1-2H3,(H,30,34)(H,33,35). The summed E-state index contributed by atoms with van der Waals surface area (Å²) in [5.41, 5.74) is 1.96. The number of aliphatic imine (C=N–C) groups is 1. The summed E-state index contributed by atoms with van der Waals surface area (Å²) >= 11 is 1.30. The average Bonchev–Trinajstić information content (AvgIpc) is 3.32. The molecule has 36 heavy (non-hydrogen) atoms. The highest BCUT2D eigenvalue weighted by atomic mass is 32.1. The van der Waals surface area contributed by atoms with Gasteiger partial charge < -0.3 is 10.6 Å². The van der Waals surface area contributed by atoms with E-state index in [1.54, 1.807) is 12.3 Å². The highest BCUT2D eigenvalue weighted by Crippen LogP contribution is 2.31. The molecule has 1 amide bonds. The Bertz CT molecular complexity index is 1270. The van der Waals surface area contributed by atoms with Gasteiger partial charge in [-0.3, -0.25) is 9.79 Å². The van der Waals surface area contributed by atoms with Crippen molar-refractivity contribution >= 4 is 33.8 Å². The Kier molecular flexibility index (Phi) is 7.78. The summed E-state index contributed by atoms with van der Waals surface area (Å²) in [7, 11) is 0. The topological polar surface area (TPSA) is 92.2 Å². The number of nitrogens with one attached hydrogen (secondary N) is 2. The number of halogens is 3. The van der Waals surface area contributed by atoms with Gasteiger partial charge in [-0.2, -0.15) is 13.2 Å². The molecule has 2 aromatic heterocycles. The van der Waals surface area contributed by atoms with Crippen LogP contribution in [0.3, 0.4) is 0 Å². The molecule has 0 spiro atoms. The number of thiazole rings is 1. The van der Waals surface area contributed by atoms with E-state index < -0.39 is 11.7 Å². The van der Waals surface area contributed by atoms with Crippen LogP contribution in [0.4, 0.5) is 24.0 Å². The minimum Gasteiger partial charge on any atom is -0.343 e. The number of benzene rings is 1. The van der Waals surface area contributed by atoms with Crippen LogP contribution >= 0.6 is 11.3 Å². The summed E-state index contributed by atoms with van der Waals surface area (Å²) in [6.07, 6.45) is 5.09. The zero-order chi connectivity index (χ0) is 25.7. The molecule has 3 aromatic rings. The fourth-order valence-corrected chi connectivity index (χ4v) is 4.57. The number of nitrogens with zero attached hydrogens (tertiary/aromatic N) is 4. The molecule has 3 heterocycles. The van der Waals surface area contributed by atoms with Crippen molar-refractivity contribution in [3.63, 3.8) is 0 Å². The number of rotatable bonds is 8. The number of aromatic nitrogens is 3. The number of carbonyl (C=O) groups excluding carboxylic acids is 1. The molecule has 1 aliphatic heterocycles. The van der Waals surface area contributed by atoms with Crippen molar-refractivity contribution in [3.05, 3.63) is 77.0 Å². The Morgan fingerprint density at radius 1 is 1.19 bits per heavy atom. The Morgan fingerprint density at radius 2 is 1.97 bits per heavy atom. The fourth-order valence-electron chi connectivity index (χ4n) is 3.73. The van der Waals surface area contributed by atoms with Gasteiger partial charge in [-0.25, -0.2) is 15.0 Å². The van der Waals surface area contributed by atoms with Crippen molar-refractivity contribution in [3.8, 4) is 0 Å². The lowest BCUT2D eigenvalue weighted by atomic mass is 9.92. The number of carbonyl (C=O) groups is 1. The van der Waals surface area contributed by atoms with E-state index in [1.807, 2.05) is 20.0 Å². The van der Waals surface area contributed by atoms with Crippen LogP contribution in [0.5, 0.6) is 0 Å². The molecule has 0 aliphatic carbocycles. The number of aryl methyl sites for hydroxylation is 1. The maximum absolute atomic E-state index is 12.8. The Morgan fingerprint density at radius 3 is 2.69 bits per heavy atom. The second-order valence-electron chi connectivity index (χ2n) is 8.48. The van der Waals surface area contributed by atoms with E-state index in [2.05, 4.69) is 36.7 Å². The molecule has 7 nitrogen and oxygen atoms in total. The average molecular weight is 515 g/mol. The largest absolute Gasteiger partial charge is 0.416 e. The SMILES string of the molecule is CC1=NC=CCC1CCc1cc(C(=O)NC(C)c2cnc(Nc3ccc(C(F)(F)F)cc3)s2)ncn1. The van der Waals surface area contributed by atoms with Crippen molar-refractivity contribution in [1.29, 1.82) is 0 Å². The molecule has 0 radical (unpaired) electrons. The van der Waals surface area contributed by atoms with E-state index in [4.69, 9.17) is 0 Å². The fraction of sp³-hybridized carbons (Fsp3) is 0.320. The van der Waals surface area contributed by atoms with Crippen LogP contribution in [0.1, 0.15) is 59.4 Å². The van der Waals surface area contributed by atoms with Gasteiger partial charge >= 0.3 is 6.18 Å². The number of hydrogen-bond acceptors (Lipinski definition) is 7. The van der Waals surface area contributed by atoms with Crippen LogP contribution < -0.4 is 10.6 Å². The monoisotopic (exact) mass is 514 g/mol. The summed E-state index contributed by atoms with van der Waals surface area (Å²) in [6.45, 7) is 3.85. The molecule has 0 fully saturated rings. The zero-order valence-corrected chi connectivity index (χ0v) is 20.5. The highest BCUT2D eigenvalue weighted by molar-refractivity contribution is 7.15. The highest BCUT2D eigenvalue weighted by Gasteiger charge is 2.30. The van der Waals surface area contributed by atoms with Crippen LogP contribution in [0.25, 0.3) is 0 Å². The molecule has 0 saturated carbocycles. The van der Waals surface area contributed by atoms with Crippen LogP contribution in [0.15, 0.2) is 60.1 Å². The first kappa shape index (κ1) is 25.5. The molecule has 188 valence electrons. The minimum atomic E-state index is -4.38. The summed E-state index contributed by atoms with van der Waals surface area (Å²) in [5, 5.41) is 6.41. The number of allylic oxidation sites excluding steroid dienone is 1. The molecule has 11 heteroatoms. The van der Waals surface area contributed by atoms with Gasteiger partial charge in [0.15, 0.2) is 5.13 Å². The smallest absolute Gasteiger partial charge is 0.343 e. The maximum atomic E-state index is 12.8. The van der Waals surface area contributed by atoms with Crippen molar-refractivity contribution < 1.29 is 18.0 Å². The summed E-state index contributed by atoms with van der Waals surface area (Å²) in [4.78, 5) is 30.6. The molecule has 2 N–H and O–H groups in total. The molecular weight excluding hydrogens is 489 g/mol. The first-order valence-electron chi connectivity index (χ1n) is 11.4. The Balaban J connectivity index is 1.33. The molecular formula is C25H25F3N6OS. The van der Waals surface area contributed by atoms with Crippen LogP contribution in [0.2, 0.25) is 0 Å². The summed E-state index contributed by atoms with van der Waals surface area (Å²) in [6, 6.07) is 6.08. The molecule has 1 aliphatic rings. The van der Waals surface area contributed by atoms with E-state index in [0.717, 1.165) is 47.7 Å². The third-order valence-corrected chi connectivity index (χ3v) is 6.96. The number of amides is 1. The number of alkyl halides is 3. The number of hydrogen-bond donors (Lipinski definition) is 2. The van der Waals surface area contributed by atoms with Crippen molar-refractivity contribution in [2.45, 2.75) is 45.3 Å². The maximum Gasteiger partial charge on any atom is 0.416 e. The van der Waals surface area contributed by atoms with Crippen molar-refractivity contribution in [1.82, 2.24) is 20.3 Å². The molecule has 0 bridgehead atoms. The zero-order valence-electron chi connectivity index (χ0n) is 19.7. The van der Waals surface area contributed by atoms with E-state index in [-0.39, 0.29) is 17.6 Å². The third kappa shape index (κ3) is 6.54. The van der Waals surface area contributed by atoms with Crippen molar-refractivity contribution in [2.75, 3.05) is 5.32 Å². The molecule has 0 saturated heterocycles. The van der Waals surface area contributed by atoms with E-state index in [9.17, 15) is 18.0 Å². The van der Waals surface area contributed by atoms with Gasteiger partial charge in [-0.05, 0) is 63.4 Å².